The van der Waals surface area contributed by atoms with E-state index in [-0.39, 0.29) is 23.9 Å². The average Bonchev–Trinajstić information content (AvgIpc) is 3.25. The molecule has 5 atom stereocenters. The Morgan fingerprint density at radius 3 is 2.85 bits per heavy atom. The smallest absolute Gasteiger partial charge is 0.225 e. The van der Waals surface area contributed by atoms with Gasteiger partial charge in [-0.3, -0.25) is 15.0 Å². The van der Waals surface area contributed by atoms with Gasteiger partial charge in [0.15, 0.2) is 0 Å². The highest BCUT2D eigenvalue weighted by atomic mass is 79.9. The molecule has 2 aliphatic heterocycles. The molecule has 4 rings (SSSR count). The number of amides is 2. The second-order valence-corrected chi connectivity index (χ2v) is 9.18. The van der Waals surface area contributed by atoms with E-state index in [2.05, 4.69) is 44.2 Å². The van der Waals surface area contributed by atoms with Gasteiger partial charge in [-0.25, -0.2) is 5.43 Å². The molecule has 1 aromatic rings. The quantitative estimate of drug-likeness (QED) is 0.614. The Hall–Kier alpha value is -1.44. The van der Waals surface area contributed by atoms with Crippen LogP contribution in [0.25, 0.3) is 0 Å². The van der Waals surface area contributed by atoms with Crippen molar-refractivity contribution in [2.24, 2.45) is 11.8 Å². The number of halogens is 1. The Bertz CT molecular complexity index is 686. The molecule has 2 heterocycles. The maximum Gasteiger partial charge on any atom is 0.225 e. The van der Waals surface area contributed by atoms with E-state index in [4.69, 9.17) is 0 Å². The van der Waals surface area contributed by atoms with Gasteiger partial charge in [0.05, 0.1) is 12.1 Å². The van der Waals surface area contributed by atoms with Crippen LogP contribution in [0, 0.1) is 11.8 Å². The molecule has 3 aliphatic rings. The molecule has 0 spiro atoms. The summed E-state index contributed by atoms with van der Waals surface area (Å²) in [6.45, 7) is 1.12. The number of nitrogens with one attached hydrogen (secondary N) is 3. The minimum absolute atomic E-state index is 0.00428. The van der Waals surface area contributed by atoms with Crippen LogP contribution in [0.1, 0.15) is 31.2 Å². The lowest BCUT2D eigenvalue weighted by Gasteiger charge is -2.34. The number of fused-ring (bicyclic) bond motifs is 1. The standard InChI is InChI=1S/C20H27BrN4O2/c21-15-6-7-16-17(11-15)23-24-19(16)25-12-14(10-18(25)26)20(27)22-9-8-13-4-2-1-3-5-13/h1-5,14-17,19,23-24H,6-12H2,(H,22,27). The van der Waals surface area contributed by atoms with Crippen LogP contribution in [0.4, 0.5) is 0 Å². The van der Waals surface area contributed by atoms with Gasteiger partial charge in [-0.15, -0.1) is 0 Å². The molecule has 2 saturated heterocycles. The predicted molar refractivity (Wildman–Crippen MR) is 107 cm³/mol. The van der Waals surface area contributed by atoms with Crippen molar-refractivity contribution in [1.29, 1.82) is 0 Å². The molecule has 1 saturated carbocycles. The van der Waals surface area contributed by atoms with Crippen LogP contribution in [0.3, 0.4) is 0 Å². The second kappa shape index (κ2) is 8.29. The average molecular weight is 435 g/mol. The molecular formula is C20H27BrN4O2. The number of hydrogen-bond donors (Lipinski definition) is 3. The fourth-order valence-corrected chi connectivity index (χ4v) is 5.26. The monoisotopic (exact) mass is 434 g/mol. The molecular weight excluding hydrogens is 408 g/mol. The Kier molecular flexibility index (Phi) is 5.80. The summed E-state index contributed by atoms with van der Waals surface area (Å²) in [6.07, 6.45) is 4.41. The second-order valence-electron chi connectivity index (χ2n) is 7.89. The first-order chi connectivity index (χ1) is 13.1. The Morgan fingerprint density at radius 1 is 1.22 bits per heavy atom. The van der Waals surface area contributed by atoms with E-state index in [1.807, 2.05) is 23.1 Å². The molecule has 2 amide bonds. The first kappa shape index (κ1) is 18.9. The molecule has 0 bridgehead atoms. The van der Waals surface area contributed by atoms with Crippen LogP contribution in [0.5, 0.6) is 0 Å². The number of benzene rings is 1. The van der Waals surface area contributed by atoms with Crippen molar-refractivity contribution in [2.45, 2.75) is 49.1 Å². The van der Waals surface area contributed by atoms with Crippen molar-refractivity contribution >= 4 is 27.7 Å². The lowest BCUT2D eigenvalue weighted by atomic mass is 9.84. The molecule has 0 radical (unpaired) electrons. The molecule has 1 aliphatic carbocycles. The van der Waals surface area contributed by atoms with Gasteiger partial charge < -0.3 is 10.2 Å². The third-order valence-electron chi connectivity index (χ3n) is 6.08. The first-order valence-corrected chi connectivity index (χ1v) is 10.8. The summed E-state index contributed by atoms with van der Waals surface area (Å²) in [5, 5.41) is 3.01. The highest BCUT2D eigenvalue weighted by Crippen LogP contribution is 2.36. The van der Waals surface area contributed by atoms with E-state index in [1.165, 1.54) is 5.56 Å². The van der Waals surface area contributed by atoms with Gasteiger partial charge in [-0.1, -0.05) is 46.3 Å². The largest absolute Gasteiger partial charge is 0.355 e. The van der Waals surface area contributed by atoms with Crippen LogP contribution < -0.4 is 16.2 Å². The molecule has 0 aromatic heterocycles. The predicted octanol–water partition coefficient (Wildman–Crippen LogP) is 1.56. The van der Waals surface area contributed by atoms with E-state index >= 15 is 0 Å². The minimum atomic E-state index is -0.248. The van der Waals surface area contributed by atoms with Gasteiger partial charge >= 0.3 is 0 Å². The zero-order chi connectivity index (χ0) is 18.8. The van der Waals surface area contributed by atoms with Gasteiger partial charge in [-0.2, -0.15) is 0 Å². The molecule has 5 unspecified atom stereocenters. The Labute approximate surface area is 168 Å². The van der Waals surface area contributed by atoms with E-state index in [0.717, 1.165) is 25.7 Å². The van der Waals surface area contributed by atoms with Crippen LogP contribution in [0.15, 0.2) is 30.3 Å². The van der Waals surface area contributed by atoms with Gasteiger partial charge in [0.2, 0.25) is 11.8 Å². The van der Waals surface area contributed by atoms with E-state index in [9.17, 15) is 9.59 Å². The van der Waals surface area contributed by atoms with Crippen molar-refractivity contribution in [2.75, 3.05) is 13.1 Å². The summed E-state index contributed by atoms with van der Waals surface area (Å²) in [6, 6.07) is 10.5. The fraction of sp³-hybridized carbons (Fsp3) is 0.600. The number of hydrazine groups is 1. The number of hydrogen-bond acceptors (Lipinski definition) is 4. The first-order valence-electron chi connectivity index (χ1n) is 9.88. The highest BCUT2D eigenvalue weighted by Gasteiger charge is 2.47. The van der Waals surface area contributed by atoms with Gasteiger partial charge in [0.25, 0.3) is 0 Å². The zero-order valence-corrected chi connectivity index (χ0v) is 17.0. The summed E-state index contributed by atoms with van der Waals surface area (Å²) in [4.78, 5) is 27.5. The maximum atomic E-state index is 12.6. The third kappa shape index (κ3) is 4.20. The van der Waals surface area contributed by atoms with Crippen molar-refractivity contribution in [3.8, 4) is 0 Å². The van der Waals surface area contributed by atoms with Crippen LogP contribution in [0.2, 0.25) is 0 Å². The number of likely N-dealkylation sites (tertiary alicyclic amines) is 1. The normalized spacial score (nSPS) is 33.1. The minimum Gasteiger partial charge on any atom is -0.355 e. The molecule has 7 heteroatoms. The lowest BCUT2D eigenvalue weighted by molar-refractivity contribution is -0.131. The maximum absolute atomic E-state index is 12.6. The van der Waals surface area contributed by atoms with E-state index in [0.29, 0.717) is 36.3 Å². The molecule has 1 aromatic carbocycles. The van der Waals surface area contributed by atoms with Crippen molar-refractivity contribution in [3.05, 3.63) is 35.9 Å². The summed E-state index contributed by atoms with van der Waals surface area (Å²) < 4.78 is 0. The molecule has 6 nitrogen and oxygen atoms in total. The Balaban J connectivity index is 1.29. The van der Waals surface area contributed by atoms with Crippen molar-refractivity contribution in [3.63, 3.8) is 0 Å². The molecule has 3 N–H and O–H groups in total. The SMILES string of the molecule is O=C(NCCc1ccccc1)C1CC(=O)N(C2NNC3CC(Br)CCC32)C1. The summed E-state index contributed by atoms with van der Waals surface area (Å²) in [5.41, 5.74) is 7.88. The molecule has 27 heavy (non-hydrogen) atoms. The fourth-order valence-electron chi connectivity index (χ4n) is 4.59. The van der Waals surface area contributed by atoms with Gasteiger partial charge in [-0.05, 0) is 31.2 Å². The zero-order valence-electron chi connectivity index (χ0n) is 15.4. The van der Waals surface area contributed by atoms with Gasteiger partial charge in [0.1, 0.15) is 0 Å². The molecule has 3 fully saturated rings. The molecule has 146 valence electrons. The van der Waals surface area contributed by atoms with Crippen LogP contribution in [-0.4, -0.2) is 46.8 Å². The number of rotatable bonds is 5. The van der Waals surface area contributed by atoms with Crippen LogP contribution >= 0.6 is 15.9 Å². The third-order valence-corrected chi connectivity index (χ3v) is 6.91. The summed E-state index contributed by atoms with van der Waals surface area (Å²) in [5.74, 6) is 0.247. The lowest BCUT2D eigenvalue weighted by Crippen LogP contribution is -2.48. The van der Waals surface area contributed by atoms with Gasteiger partial charge in [0, 0.05) is 36.3 Å². The highest BCUT2D eigenvalue weighted by molar-refractivity contribution is 9.09. The van der Waals surface area contributed by atoms with E-state index in [1.54, 1.807) is 0 Å². The number of carbonyl (C=O) groups excluding carboxylic acids is 2. The van der Waals surface area contributed by atoms with Crippen molar-refractivity contribution < 1.29 is 9.59 Å². The number of nitrogens with zero attached hydrogens (tertiary/aromatic N) is 1. The Morgan fingerprint density at radius 2 is 2.04 bits per heavy atom. The van der Waals surface area contributed by atoms with E-state index < -0.39 is 0 Å². The van der Waals surface area contributed by atoms with Crippen molar-refractivity contribution in [1.82, 2.24) is 21.1 Å². The summed E-state index contributed by atoms with van der Waals surface area (Å²) in [7, 11) is 0. The number of carbonyl (C=O) groups is 2. The summed E-state index contributed by atoms with van der Waals surface area (Å²) >= 11 is 3.71. The number of alkyl halides is 1. The topological polar surface area (TPSA) is 73.5 Å². The van der Waals surface area contributed by atoms with Crippen LogP contribution in [-0.2, 0) is 16.0 Å².